The van der Waals surface area contributed by atoms with Crippen LogP contribution in [0.4, 0.5) is 0 Å². The van der Waals surface area contributed by atoms with Crippen LogP contribution in [-0.2, 0) is 6.42 Å². The third-order valence-corrected chi connectivity index (χ3v) is 6.55. The molecule has 1 unspecified atom stereocenters. The van der Waals surface area contributed by atoms with Crippen LogP contribution in [0.5, 0.6) is 5.75 Å². The maximum atomic E-state index is 13.2. The normalized spacial score (nSPS) is 25.2. The predicted octanol–water partition coefficient (Wildman–Crippen LogP) is 3.70. The first-order valence-corrected chi connectivity index (χ1v) is 9.09. The number of methoxy groups -OCH3 is 1. The van der Waals surface area contributed by atoms with Crippen molar-refractivity contribution in [2.24, 2.45) is 11.3 Å². The largest absolute Gasteiger partial charge is 0.497 e. The molecule has 0 amide bonds. The number of hydrogen-bond donors (Lipinski definition) is 0. The molecule has 1 aromatic rings. The van der Waals surface area contributed by atoms with E-state index in [-0.39, 0.29) is 5.41 Å². The Morgan fingerprint density at radius 1 is 1.22 bits per heavy atom. The summed E-state index contributed by atoms with van der Waals surface area (Å²) < 4.78 is 5.30. The highest BCUT2D eigenvalue weighted by atomic mass is 16.5. The Bertz CT molecular complexity index is 612. The van der Waals surface area contributed by atoms with E-state index in [4.69, 9.17) is 4.74 Å². The first kappa shape index (κ1) is 15.2. The van der Waals surface area contributed by atoms with Crippen molar-refractivity contribution in [2.75, 3.05) is 20.2 Å². The zero-order valence-electron chi connectivity index (χ0n) is 14.3. The molecule has 3 nitrogen and oxygen atoms in total. The summed E-state index contributed by atoms with van der Waals surface area (Å²) in [6.07, 6.45) is 6.89. The van der Waals surface area contributed by atoms with Gasteiger partial charge < -0.3 is 9.64 Å². The minimum absolute atomic E-state index is 0.0959. The first-order valence-electron chi connectivity index (χ1n) is 9.09. The number of piperidine rings is 1. The average molecular weight is 313 g/mol. The van der Waals surface area contributed by atoms with Gasteiger partial charge in [0.1, 0.15) is 5.75 Å². The van der Waals surface area contributed by atoms with Crippen LogP contribution in [0.3, 0.4) is 0 Å². The van der Waals surface area contributed by atoms with Crippen LogP contribution in [-0.4, -0.2) is 36.9 Å². The second-order valence-corrected chi connectivity index (χ2v) is 7.75. The number of rotatable bonds is 3. The molecule has 1 aliphatic heterocycles. The molecule has 124 valence electrons. The van der Waals surface area contributed by atoms with Crippen LogP contribution in [0.2, 0.25) is 0 Å². The maximum Gasteiger partial charge on any atom is 0.169 e. The van der Waals surface area contributed by atoms with Crippen LogP contribution >= 0.6 is 0 Å². The summed E-state index contributed by atoms with van der Waals surface area (Å²) in [5.41, 5.74) is 2.02. The molecule has 2 fully saturated rings. The maximum absolute atomic E-state index is 13.2. The van der Waals surface area contributed by atoms with Gasteiger partial charge in [0.05, 0.1) is 7.11 Å². The van der Waals surface area contributed by atoms with E-state index in [2.05, 4.69) is 11.8 Å². The number of Topliss-reactive ketones (excluding diaryl/α,β-unsaturated/α-hetero) is 1. The summed E-state index contributed by atoms with van der Waals surface area (Å²) in [6.45, 7) is 4.56. The van der Waals surface area contributed by atoms with E-state index >= 15 is 0 Å². The molecule has 1 aromatic carbocycles. The molecule has 0 bridgehead atoms. The molecule has 0 radical (unpaired) electrons. The number of fused-ring (bicyclic) bond motifs is 1. The quantitative estimate of drug-likeness (QED) is 0.852. The van der Waals surface area contributed by atoms with Gasteiger partial charge in [0, 0.05) is 17.0 Å². The van der Waals surface area contributed by atoms with Gasteiger partial charge in [0.15, 0.2) is 5.78 Å². The van der Waals surface area contributed by atoms with E-state index < -0.39 is 0 Å². The lowest BCUT2D eigenvalue weighted by Gasteiger charge is -2.45. The van der Waals surface area contributed by atoms with Crippen molar-refractivity contribution in [3.8, 4) is 5.75 Å². The van der Waals surface area contributed by atoms with Gasteiger partial charge in [-0.15, -0.1) is 0 Å². The van der Waals surface area contributed by atoms with Crippen LogP contribution in [0.25, 0.3) is 0 Å². The number of ketones is 1. The number of aryl methyl sites for hydroxylation is 1. The molecule has 1 atom stereocenters. The number of ether oxygens (including phenoxy) is 1. The Kier molecular flexibility index (Phi) is 3.72. The molecule has 3 aliphatic rings. The van der Waals surface area contributed by atoms with Crippen LogP contribution < -0.4 is 4.74 Å². The van der Waals surface area contributed by atoms with Gasteiger partial charge in [0.25, 0.3) is 0 Å². The number of hydrogen-bond acceptors (Lipinski definition) is 3. The fraction of sp³-hybridized carbons (Fsp3) is 0.650. The highest BCUT2D eigenvalue weighted by Gasteiger charge is 2.46. The monoisotopic (exact) mass is 313 g/mol. The predicted molar refractivity (Wildman–Crippen MR) is 91.1 cm³/mol. The van der Waals surface area contributed by atoms with Crippen molar-refractivity contribution in [2.45, 2.75) is 51.5 Å². The number of carbonyl (C=O) groups is 1. The second-order valence-electron chi connectivity index (χ2n) is 7.75. The summed E-state index contributed by atoms with van der Waals surface area (Å²) in [7, 11) is 1.69. The second kappa shape index (κ2) is 5.62. The first-order chi connectivity index (χ1) is 11.1. The summed E-state index contributed by atoms with van der Waals surface area (Å²) in [5.74, 6) is 2.17. The molecule has 0 aromatic heterocycles. The van der Waals surface area contributed by atoms with Crippen molar-refractivity contribution in [1.29, 1.82) is 0 Å². The van der Waals surface area contributed by atoms with Gasteiger partial charge in [-0.25, -0.2) is 0 Å². The Morgan fingerprint density at radius 3 is 2.61 bits per heavy atom. The zero-order chi connectivity index (χ0) is 16.0. The Labute approximate surface area is 139 Å². The molecular formula is C20H27NO2. The van der Waals surface area contributed by atoms with Crippen LogP contribution in [0.1, 0.15) is 54.9 Å². The average Bonchev–Trinajstić information content (AvgIpc) is 3.43. The van der Waals surface area contributed by atoms with Crippen molar-refractivity contribution in [1.82, 2.24) is 4.90 Å². The SMILES string of the molecule is COc1ccc2c(c1)CCC1(CCN(C(C)C3CC3)CC1)C2=O. The smallest absolute Gasteiger partial charge is 0.169 e. The van der Waals surface area contributed by atoms with E-state index in [1.54, 1.807) is 7.11 Å². The van der Waals surface area contributed by atoms with Crippen LogP contribution in [0.15, 0.2) is 18.2 Å². The van der Waals surface area contributed by atoms with Gasteiger partial charge in [-0.2, -0.15) is 0 Å². The molecule has 1 saturated heterocycles. The number of carbonyl (C=O) groups excluding carboxylic acids is 1. The van der Waals surface area contributed by atoms with Gasteiger partial charge in [-0.3, -0.25) is 4.79 Å². The van der Waals surface area contributed by atoms with Crippen molar-refractivity contribution in [3.05, 3.63) is 29.3 Å². The van der Waals surface area contributed by atoms with Crippen LogP contribution in [0, 0.1) is 11.3 Å². The van der Waals surface area contributed by atoms with Gasteiger partial charge >= 0.3 is 0 Å². The van der Waals surface area contributed by atoms with E-state index in [0.717, 1.165) is 56.0 Å². The molecule has 1 spiro atoms. The Morgan fingerprint density at radius 2 is 1.96 bits per heavy atom. The van der Waals surface area contributed by atoms with E-state index in [0.29, 0.717) is 11.8 Å². The minimum Gasteiger partial charge on any atom is -0.497 e. The highest BCUT2D eigenvalue weighted by molar-refractivity contribution is 6.03. The number of likely N-dealkylation sites (tertiary alicyclic amines) is 1. The van der Waals surface area contributed by atoms with Crippen molar-refractivity contribution < 1.29 is 9.53 Å². The van der Waals surface area contributed by atoms with Gasteiger partial charge in [-0.05, 0) is 88.2 Å². The Balaban J connectivity index is 1.51. The molecule has 3 heteroatoms. The zero-order valence-corrected chi connectivity index (χ0v) is 14.3. The third kappa shape index (κ3) is 2.59. The molecule has 2 aliphatic carbocycles. The topological polar surface area (TPSA) is 29.5 Å². The van der Waals surface area contributed by atoms with E-state index in [9.17, 15) is 4.79 Å². The van der Waals surface area contributed by atoms with Crippen molar-refractivity contribution in [3.63, 3.8) is 0 Å². The Hall–Kier alpha value is -1.35. The molecule has 1 heterocycles. The highest BCUT2D eigenvalue weighted by Crippen LogP contribution is 2.45. The fourth-order valence-corrected chi connectivity index (χ4v) is 4.61. The molecule has 4 rings (SSSR count). The molecule has 23 heavy (non-hydrogen) atoms. The van der Waals surface area contributed by atoms with Crippen molar-refractivity contribution >= 4 is 5.78 Å². The lowest BCUT2D eigenvalue weighted by Crippen LogP contribution is -2.49. The summed E-state index contributed by atoms with van der Waals surface area (Å²) in [5, 5.41) is 0. The number of nitrogens with zero attached hydrogens (tertiary/aromatic N) is 1. The fourth-order valence-electron chi connectivity index (χ4n) is 4.61. The lowest BCUT2D eigenvalue weighted by molar-refractivity contribution is 0.0443. The lowest BCUT2D eigenvalue weighted by atomic mass is 9.65. The standard InChI is InChI=1S/C20H27NO2/c1-14(15-3-4-15)21-11-9-20(10-12-21)8-7-16-13-17(23-2)5-6-18(16)19(20)22/h5-6,13-15H,3-4,7-12H2,1-2H3. The molecule has 1 saturated carbocycles. The van der Waals surface area contributed by atoms with Gasteiger partial charge in [0.2, 0.25) is 0 Å². The van der Waals surface area contributed by atoms with E-state index in [1.165, 1.54) is 18.4 Å². The number of benzene rings is 1. The van der Waals surface area contributed by atoms with Gasteiger partial charge in [-0.1, -0.05) is 0 Å². The molecule has 0 N–H and O–H groups in total. The summed E-state index contributed by atoms with van der Waals surface area (Å²) >= 11 is 0. The van der Waals surface area contributed by atoms with E-state index in [1.807, 2.05) is 18.2 Å². The minimum atomic E-state index is -0.0959. The third-order valence-electron chi connectivity index (χ3n) is 6.55. The molecular weight excluding hydrogens is 286 g/mol. The summed E-state index contributed by atoms with van der Waals surface area (Å²) in [4.78, 5) is 15.8. The summed E-state index contributed by atoms with van der Waals surface area (Å²) in [6, 6.07) is 6.67.